The zero-order valence-corrected chi connectivity index (χ0v) is 20.6. The second-order valence-corrected chi connectivity index (χ2v) is 8.70. The smallest absolute Gasteiger partial charge is 0.180 e. The predicted octanol–water partition coefficient (Wildman–Crippen LogP) is 6.20. The van der Waals surface area contributed by atoms with E-state index in [0.29, 0.717) is 12.4 Å². The molecule has 1 aliphatic heterocycles. The third kappa shape index (κ3) is 4.46. The summed E-state index contributed by atoms with van der Waals surface area (Å²) in [5, 5.41) is 14.7. The van der Waals surface area contributed by atoms with Crippen molar-refractivity contribution >= 4 is 5.82 Å². The number of aliphatic hydroxyl groups excluding tert-OH is 1. The fraction of sp³-hybridized carbons (Fsp3) is 0.321. The number of aryl methyl sites for hydroxylation is 1. The van der Waals surface area contributed by atoms with Crippen LogP contribution in [0.15, 0.2) is 76.3 Å². The summed E-state index contributed by atoms with van der Waals surface area (Å²) in [7, 11) is 1.66. The Kier molecular flexibility index (Phi) is 6.80. The summed E-state index contributed by atoms with van der Waals surface area (Å²) in [6.07, 6.45) is 1.37. The van der Waals surface area contributed by atoms with E-state index < -0.39 is 6.10 Å². The Morgan fingerprint density at radius 3 is 2.47 bits per heavy atom. The van der Waals surface area contributed by atoms with E-state index in [1.165, 1.54) is 0 Å². The Morgan fingerprint density at radius 2 is 1.85 bits per heavy atom. The summed E-state index contributed by atoms with van der Waals surface area (Å²) in [6, 6.07) is 16.1. The largest absolute Gasteiger partial charge is 0.495 e. The molecule has 4 rings (SSSR count). The monoisotopic (exact) mass is 460 g/mol. The molecular formula is C28H32N2O4. The fourth-order valence-electron chi connectivity index (χ4n) is 4.41. The highest BCUT2D eigenvalue weighted by atomic mass is 16.5. The van der Waals surface area contributed by atoms with E-state index in [0.717, 1.165) is 50.9 Å². The van der Waals surface area contributed by atoms with Crippen LogP contribution in [0.5, 0.6) is 0 Å². The summed E-state index contributed by atoms with van der Waals surface area (Å²) in [5.41, 5.74) is 5.94. The minimum atomic E-state index is -0.594. The normalized spacial score (nSPS) is 17.0. The van der Waals surface area contributed by atoms with E-state index in [1.54, 1.807) is 14.0 Å². The Morgan fingerprint density at radius 1 is 1.12 bits per heavy atom. The molecule has 178 valence electrons. The zero-order chi connectivity index (χ0) is 24.4. The van der Waals surface area contributed by atoms with Crippen LogP contribution in [0.2, 0.25) is 0 Å². The van der Waals surface area contributed by atoms with Gasteiger partial charge in [-0.1, -0.05) is 47.6 Å². The molecular weight excluding hydrogens is 428 g/mol. The second-order valence-electron chi connectivity index (χ2n) is 8.70. The highest BCUT2D eigenvalue weighted by Crippen LogP contribution is 2.35. The van der Waals surface area contributed by atoms with Gasteiger partial charge < -0.3 is 24.0 Å². The number of anilines is 1. The summed E-state index contributed by atoms with van der Waals surface area (Å²) in [4.78, 5) is 2.09. The van der Waals surface area contributed by atoms with Gasteiger partial charge in [0.2, 0.25) is 0 Å². The molecule has 0 aliphatic carbocycles. The molecule has 0 radical (unpaired) electrons. The van der Waals surface area contributed by atoms with Crippen molar-refractivity contribution in [3.63, 3.8) is 0 Å². The molecule has 6 heteroatoms. The first-order valence-electron chi connectivity index (χ1n) is 11.5. The van der Waals surface area contributed by atoms with Crippen molar-refractivity contribution in [2.45, 2.75) is 53.4 Å². The van der Waals surface area contributed by atoms with Crippen LogP contribution < -0.4 is 4.90 Å². The average Bonchev–Trinajstić information content (AvgIpc) is 3.16. The first-order chi connectivity index (χ1) is 16.3. The molecule has 1 N–H and O–H groups in total. The van der Waals surface area contributed by atoms with Crippen molar-refractivity contribution < 1.29 is 19.1 Å². The number of aromatic nitrogens is 1. The third-order valence-corrected chi connectivity index (χ3v) is 6.36. The molecule has 1 aromatic heterocycles. The maximum absolute atomic E-state index is 10.4. The predicted molar refractivity (Wildman–Crippen MR) is 133 cm³/mol. The van der Waals surface area contributed by atoms with Crippen LogP contribution in [0.3, 0.4) is 0 Å². The average molecular weight is 461 g/mol. The van der Waals surface area contributed by atoms with E-state index in [2.05, 4.69) is 17.0 Å². The van der Waals surface area contributed by atoms with E-state index in [9.17, 15) is 5.11 Å². The van der Waals surface area contributed by atoms with Crippen LogP contribution in [-0.4, -0.2) is 23.4 Å². The van der Waals surface area contributed by atoms with Crippen molar-refractivity contribution in [3.05, 3.63) is 94.3 Å². The van der Waals surface area contributed by atoms with E-state index in [-0.39, 0.29) is 6.04 Å². The third-order valence-electron chi connectivity index (χ3n) is 6.36. The minimum Gasteiger partial charge on any atom is -0.495 e. The Labute approximate surface area is 201 Å². The molecule has 0 saturated carbocycles. The number of allylic oxidation sites excluding steroid dienone is 2. The zero-order valence-electron chi connectivity index (χ0n) is 20.6. The lowest BCUT2D eigenvalue weighted by molar-refractivity contribution is 0.165. The number of hydrogen-bond donors (Lipinski definition) is 1. The van der Waals surface area contributed by atoms with Gasteiger partial charge in [0.1, 0.15) is 12.4 Å². The molecule has 0 spiro atoms. The summed E-state index contributed by atoms with van der Waals surface area (Å²) >= 11 is 0. The molecule has 2 heterocycles. The summed E-state index contributed by atoms with van der Waals surface area (Å²) in [5.74, 6) is 2.99. The fourth-order valence-corrected chi connectivity index (χ4v) is 4.41. The van der Waals surface area contributed by atoms with Crippen LogP contribution in [0.4, 0.5) is 5.82 Å². The van der Waals surface area contributed by atoms with Gasteiger partial charge in [-0.3, -0.25) is 0 Å². The van der Waals surface area contributed by atoms with Crippen LogP contribution >= 0.6 is 0 Å². The standard InChI is InChI=1S/C28H32N2O4/c1-17-14-26(27(32-6)19(3)30(17)28-18(2)21(5)34-29-28)33-16-22-12-13-24(25(15-22)20(4)31)23-10-8-7-9-11-23/h7-15,19-20,31H,16H2,1-6H3. The summed E-state index contributed by atoms with van der Waals surface area (Å²) < 4.78 is 17.4. The SMILES string of the molecule is COC1=C(OCc2ccc(-c3ccccc3)c(C(C)O)c2)C=C(C)N(c2noc(C)c2C)C1C. The van der Waals surface area contributed by atoms with E-state index >= 15 is 0 Å². The molecule has 2 aromatic carbocycles. The molecule has 0 bridgehead atoms. The Hall–Kier alpha value is -3.51. The van der Waals surface area contributed by atoms with Crippen LogP contribution in [0.1, 0.15) is 49.3 Å². The van der Waals surface area contributed by atoms with Crippen molar-refractivity contribution in [1.29, 1.82) is 0 Å². The number of methoxy groups -OCH3 is 1. The highest BCUT2D eigenvalue weighted by molar-refractivity contribution is 5.68. The molecule has 2 atom stereocenters. The van der Waals surface area contributed by atoms with Crippen molar-refractivity contribution in [2.75, 3.05) is 12.0 Å². The number of rotatable bonds is 7. The first kappa shape index (κ1) is 23.6. The lowest BCUT2D eigenvalue weighted by Crippen LogP contribution is -2.37. The molecule has 0 fully saturated rings. The van der Waals surface area contributed by atoms with Crippen molar-refractivity contribution in [2.24, 2.45) is 0 Å². The summed E-state index contributed by atoms with van der Waals surface area (Å²) in [6.45, 7) is 10.1. The van der Waals surface area contributed by atoms with Gasteiger partial charge in [-0.25, -0.2) is 0 Å². The van der Waals surface area contributed by atoms with Crippen LogP contribution in [-0.2, 0) is 16.1 Å². The Bertz CT molecular complexity index is 1220. The van der Waals surface area contributed by atoms with Gasteiger partial charge in [-0.2, -0.15) is 0 Å². The van der Waals surface area contributed by atoms with Gasteiger partial charge >= 0.3 is 0 Å². The van der Waals surface area contributed by atoms with Gasteiger partial charge in [0.05, 0.1) is 19.3 Å². The van der Waals surface area contributed by atoms with Gasteiger partial charge in [-0.05, 0) is 62.9 Å². The van der Waals surface area contributed by atoms with E-state index in [1.807, 2.05) is 75.4 Å². The highest BCUT2D eigenvalue weighted by Gasteiger charge is 2.32. The van der Waals surface area contributed by atoms with Gasteiger partial charge in [0.25, 0.3) is 0 Å². The lowest BCUT2D eigenvalue weighted by atomic mass is 9.95. The second kappa shape index (κ2) is 9.77. The number of hydrogen-bond acceptors (Lipinski definition) is 6. The number of benzene rings is 2. The molecule has 0 amide bonds. The first-order valence-corrected chi connectivity index (χ1v) is 11.5. The Balaban J connectivity index is 1.59. The number of aliphatic hydroxyl groups is 1. The quantitative estimate of drug-likeness (QED) is 0.453. The molecule has 0 saturated heterocycles. The van der Waals surface area contributed by atoms with Gasteiger partial charge in [0, 0.05) is 17.3 Å². The van der Waals surface area contributed by atoms with Crippen molar-refractivity contribution in [1.82, 2.24) is 5.16 Å². The lowest BCUT2D eigenvalue weighted by Gasteiger charge is -2.35. The molecule has 34 heavy (non-hydrogen) atoms. The molecule has 6 nitrogen and oxygen atoms in total. The van der Waals surface area contributed by atoms with Gasteiger partial charge in [0.15, 0.2) is 17.3 Å². The topological polar surface area (TPSA) is 68.0 Å². The van der Waals surface area contributed by atoms with Crippen molar-refractivity contribution in [3.8, 4) is 11.1 Å². The minimum absolute atomic E-state index is 0.110. The maximum atomic E-state index is 10.4. The molecule has 3 aromatic rings. The molecule has 2 unspecified atom stereocenters. The van der Waals surface area contributed by atoms with Crippen LogP contribution in [0, 0.1) is 13.8 Å². The molecule has 1 aliphatic rings. The number of nitrogens with zero attached hydrogens (tertiary/aromatic N) is 2. The van der Waals surface area contributed by atoms with Crippen LogP contribution in [0.25, 0.3) is 11.1 Å². The van der Waals surface area contributed by atoms with E-state index in [4.69, 9.17) is 14.0 Å². The number of ether oxygens (including phenoxy) is 2. The maximum Gasteiger partial charge on any atom is 0.180 e. The van der Waals surface area contributed by atoms with Gasteiger partial charge in [-0.15, -0.1) is 0 Å².